The van der Waals surface area contributed by atoms with Crippen molar-refractivity contribution in [2.75, 3.05) is 17.2 Å². The highest BCUT2D eigenvalue weighted by Crippen LogP contribution is 2.28. The predicted molar refractivity (Wildman–Crippen MR) is 74.4 cm³/mol. The number of carbonyl (C=O) groups is 1. The molecule has 0 aliphatic carbocycles. The van der Waals surface area contributed by atoms with E-state index in [-0.39, 0.29) is 5.91 Å². The molecule has 2 aromatic carbocycles. The topological polar surface area (TPSA) is 50.4 Å². The molecule has 2 N–H and O–H groups in total. The Balaban J connectivity index is 1.70. The van der Waals surface area contributed by atoms with Gasteiger partial charge in [0, 0.05) is 5.69 Å². The molecule has 0 radical (unpaired) electrons. The van der Waals surface area contributed by atoms with Crippen molar-refractivity contribution in [2.45, 2.75) is 6.10 Å². The maximum absolute atomic E-state index is 13.1. The lowest BCUT2D eigenvalue weighted by molar-refractivity contribution is -0.122. The molecule has 0 aromatic heterocycles. The summed E-state index contributed by atoms with van der Waals surface area (Å²) in [4.78, 5) is 12.1. The normalized spacial score (nSPS) is 16.6. The molecule has 102 valence electrons. The second-order valence-corrected chi connectivity index (χ2v) is 4.48. The van der Waals surface area contributed by atoms with Gasteiger partial charge in [-0.25, -0.2) is 4.39 Å². The van der Waals surface area contributed by atoms with Crippen molar-refractivity contribution in [2.24, 2.45) is 0 Å². The molecular weight excluding hydrogens is 259 g/mol. The average molecular weight is 272 g/mol. The van der Waals surface area contributed by atoms with E-state index in [1.165, 1.54) is 12.1 Å². The van der Waals surface area contributed by atoms with Crippen LogP contribution in [0.2, 0.25) is 0 Å². The smallest absolute Gasteiger partial charge is 0.267 e. The van der Waals surface area contributed by atoms with Crippen molar-refractivity contribution in [1.82, 2.24) is 0 Å². The first kappa shape index (κ1) is 12.5. The van der Waals surface area contributed by atoms with E-state index in [9.17, 15) is 9.18 Å². The molecule has 0 fully saturated rings. The number of anilines is 2. The van der Waals surface area contributed by atoms with Crippen LogP contribution in [0, 0.1) is 5.82 Å². The third kappa shape index (κ3) is 2.56. The third-order valence-electron chi connectivity index (χ3n) is 3.02. The largest absolute Gasteiger partial charge is 0.477 e. The Kier molecular flexibility index (Phi) is 3.25. The summed E-state index contributed by atoms with van der Waals surface area (Å²) in [6.07, 6.45) is -0.645. The Bertz CT molecular complexity index is 645. The van der Waals surface area contributed by atoms with Crippen molar-refractivity contribution >= 4 is 17.3 Å². The average Bonchev–Trinajstić information content (AvgIpc) is 2.47. The number of ether oxygens (including phenoxy) is 1. The number of halogens is 1. The first-order valence-corrected chi connectivity index (χ1v) is 6.28. The van der Waals surface area contributed by atoms with E-state index < -0.39 is 11.9 Å². The van der Waals surface area contributed by atoms with Crippen molar-refractivity contribution < 1.29 is 13.9 Å². The Morgan fingerprint density at radius 1 is 1.25 bits per heavy atom. The minimum atomic E-state index is -0.645. The summed E-state index contributed by atoms with van der Waals surface area (Å²) < 4.78 is 18.7. The Morgan fingerprint density at radius 3 is 2.95 bits per heavy atom. The quantitative estimate of drug-likeness (QED) is 0.883. The number of nitrogens with one attached hydrogen (secondary N) is 2. The van der Waals surface area contributed by atoms with Gasteiger partial charge in [-0.3, -0.25) is 4.79 Å². The lowest BCUT2D eigenvalue weighted by Crippen LogP contribution is -2.41. The molecule has 1 heterocycles. The summed E-state index contributed by atoms with van der Waals surface area (Å²) >= 11 is 0. The standard InChI is InChI=1S/C15H13FN2O2/c16-10-4-3-5-11(8-10)18-15(19)14-9-17-12-6-1-2-7-13(12)20-14/h1-8,14,17H,9H2,(H,18,19). The van der Waals surface area contributed by atoms with Crippen LogP contribution < -0.4 is 15.4 Å². The number of rotatable bonds is 2. The minimum Gasteiger partial charge on any atom is -0.477 e. The number of amides is 1. The molecule has 1 amide bonds. The first-order chi connectivity index (χ1) is 9.72. The Morgan fingerprint density at radius 2 is 2.10 bits per heavy atom. The maximum Gasteiger partial charge on any atom is 0.267 e. The maximum atomic E-state index is 13.1. The highest BCUT2D eigenvalue weighted by Gasteiger charge is 2.25. The lowest BCUT2D eigenvalue weighted by atomic mass is 10.2. The molecule has 0 saturated carbocycles. The molecule has 0 spiro atoms. The number of carbonyl (C=O) groups excluding carboxylic acids is 1. The van der Waals surface area contributed by atoms with Gasteiger partial charge in [0.05, 0.1) is 12.2 Å². The minimum absolute atomic E-state index is 0.308. The van der Waals surface area contributed by atoms with Crippen LogP contribution in [0.3, 0.4) is 0 Å². The number of fused-ring (bicyclic) bond motifs is 1. The van der Waals surface area contributed by atoms with Gasteiger partial charge in [-0.05, 0) is 30.3 Å². The van der Waals surface area contributed by atoms with Crippen LogP contribution >= 0.6 is 0 Å². The van der Waals surface area contributed by atoms with Gasteiger partial charge in [0.2, 0.25) is 0 Å². The fourth-order valence-electron chi connectivity index (χ4n) is 2.05. The van der Waals surface area contributed by atoms with Crippen molar-refractivity contribution in [3.63, 3.8) is 0 Å². The zero-order valence-electron chi connectivity index (χ0n) is 10.6. The van der Waals surface area contributed by atoms with Gasteiger partial charge < -0.3 is 15.4 Å². The summed E-state index contributed by atoms with van der Waals surface area (Å²) in [6.45, 7) is 0.373. The van der Waals surface area contributed by atoms with E-state index in [1.54, 1.807) is 18.2 Å². The van der Waals surface area contributed by atoms with Gasteiger partial charge in [-0.2, -0.15) is 0 Å². The molecule has 20 heavy (non-hydrogen) atoms. The van der Waals surface area contributed by atoms with Crippen LogP contribution in [0.5, 0.6) is 5.75 Å². The fourth-order valence-corrected chi connectivity index (χ4v) is 2.05. The monoisotopic (exact) mass is 272 g/mol. The van der Waals surface area contributed by atoms with Crippen LogP contribution in [0.4, 0.5) is 15.8 Å². The van der Waals surface area contributed by atoms with Crippen LogP contribution in [-0.2, 0) is 4.79 Å². The molecule has 1 aliphatic heterocycles. The van der Waals surface area contributed by atoms with Crippen molar-refractivity contribution in [3.05, 3.63) is 54.3 Å². The van der Waals surface area contributed by atoms with Gasteiger partial charge in [-0.1, -0.05) is 18.2 Å². The highest BCUT2D eigenvalue weighted by atomic mass is 19.1. The van der Waals surface area contributed by atoms with Gasteiger partial charge >= 0.3 is 0 Å². The molecule has 5 heteroatoms. The predicted octanol–water partition coefficient (Wildman–Crippen LogP) is 2.64. The fraction of sp³-hybridized carbons (Fsp3) is 0.133. The number of para-hydroxylation sites is 2. The Hall–Kier alpha value is -2.56. The number of hydrogen-bond acceptors (Lipinski definition) is 3. The molecule has 1 aliphatic rings. The van der Waals surface area contributed by atoms with Gasteiger partial charge in [0.1, 0.15) is 11.6 Å². The molecular formula is C15H13FN2O2. The first-order valence-electron chi connectivity index (χ1n) is 6.28. The molecule has 3 rings (SSSR count). The zero-order valence-corrected chi connectivity index (χ0v) is 10.6. The van der Waals surface area contributed by atoms with Crippen LogP contribution in [0.15, 0.2) is 48.5 Å². The SMILES string of the molecule is O=C(Nc1cccc(F)c1)C1CNc2ccccc2O1. The van der Waals surface area contributed by atoms with E-state index in [0.29, 0.717) is 18.0 Å². The van der Waals surface area contributed by atoms with E-state index in [0.717, 1.165) is 5.69 Å². The van der Waals surface area contributed by atoms with Gasteiger partial charge in [0.25, 0.3) is 5.91 Å². The molecule has 0 bridgehead atoms. The second-order valence-electron chi connectivity index (χ2n) is 4.48. The summed E-state index contributed by atoms with van der Waals surface area (Å²) in [5, 5.41) is 5.77. The Labute approximate surface area is 115 Å². The van der Waals surface area contributed by atoms with Gasteiger partial charge in [-0.15, -0.1) is 0 Å². The third-order valence-corrected chi connectivity index (χ3v) is 3.02. The summed E-state index contributed by atoms with van der Waals surface area (Å²) in [5.74, 6) is -0.0634. The molecule has 1 unspecified atom stereocenters. The van der Waals surface area contributed by atoms with E-state index in [2.05, 4.69) is 10.6 Å². The van der Waals surface area contributed by atoms with Crippen molar-refractivity contribution in [3.8, 4) is 5.75 Å². The highest BCUT2D eigenvalue weighted by molar-refractivity contribution is 5.95. The summed E-state index contributed by atoms with van der Waals surface area (Å²) in [7, 11) is 0. The zero-order chi connectivity index (χ0) is 13.9. The van der Waals surface area contributed by atoms with E-state index >= 15 is 0 Å². The van der Waals surface area contributed by atoms with E-state index in [1.807, 2.05) is 18.2 Å². The number of hydrogen-bond donors (Lipinski definition) is 2. The van der Waals surface area contributed by atoms with Crippen LogP contribution in [0.25, 0.3) is 0 Å². The summed E-state index contributed by atoms with van der Waals surface area (Å²) in [6, 6.07) is 13.2. The molecule has 4 nitrogen and oxygen atoms in total. The molecule has 2 aromatic rings. The molecule has 0 saturated heterocycles. The lowest BCUT2D eigenvalue weighted by Gasteiger charge is -2.26. The van der Waals surface area contributed by atoms with Crippen molar-refractivity contribution in [1.29, 1.82) is 0 Å². The van der Waals surface area contributed by atoms with E-state index in [4.69, 9.17) is 4.74 Å². The second kappa shape index (κ2) is 5.21. The van der Waals surface area contributed by atoms with Gasteiger partial charge in [0.15, 0.2) is 6.10 Å². The molecule has 1 atom stereocenters. The van der Waals surface area contributed by atoms with Crippen LogP contribution in [0.1, 0.15) is 0 Å². The number of benzene rings is 2. The summed E-state index contributed by atoms with van der Waals surface area (Å²) in [5.41, 5.74) is 1.28. The van der Waals surface area contributed by atoms with Crippen LogP contribution in [-0.4, -0.2) is 18.6 Å².